The third-order valence-corrected chi connectivity index (χ3v) is 4.11. The van der Waals surface area contributed by atoms with E-state index in [0.29, 0.717) is 0 Å². The Morgan fingerprint density at radius 2 is 2.11 bits per heavy atom. The van der Waals surface area contributed by atoms with Crippen molar-refractivity contribution in [2.45, 2.75) is 39.7 Å². The Bertz CT molecular complexity index is 402. The molecule has 0 atom stereocenters. The summed E-state index contributed by atoms with van der Waals surface area (Å²) < 4.78 is 1.17. The first-order valence-corrected chi connectivity index (χ1v) is 8.28. The molecular weight excluding hydrogens is 300 g/mol. The van der Waals surface area contributed by atoms with Gasteiger partial charge < -0.3 is 10.2 Å². The van der Waals surface area contributed by atoms with Crippen molar-refractivity contribution >= 4 is 21.6 Å². The van der Waals surface area contributed by atoms with E-state index in [1.54, 1.807) is 0 Å². The number of benzene rings is 1. The van der Waals surface area contributed by atoms with Crippen LogP contribution in [0.5, 0.6) is 0 Å². The molecule has 1 aromatic carbocycles. The van der Waals surface area contributed by atoms with Crippen LogP contribution in [0.1, 0.15) is 38.7 Å². The quantitative estimate of drug-likeness (QED) is 0.771. The number of hydrogen-bond acceptors (Lipinski definition) is 2. The van der Waals surface area contributed by atoms with Gasteiger partial charge >= 0.3 is 0 Å². The standard InChI is InChI=1S/C16H25BrN2/c1-3-9-19(12-13-5-6-13)16-8-7-15(17)10-14(16)11-18-4-2/h7-8,10,13,18H,3-6,9,11-12H2,1-2H3. The van der Waals surface area contributed by atoms with Gasteiger partial charge in [-0.3, -0.25) is 0 Å². The lowest BCUT2D eigenvalue weighted by Crippen LogP contribution is -2.28. The predicted molar refractivity (Wildman–Crippen MR) is 86.8 cm³/mol. The lowest BCUT2D eigenvalue weighted by molar-refractivity contribution is 0.688. The van der Waals surface area contributed by atoms with E-state index in [9.17, 15) is 0 Å². The van der Waals surface area contributed by atoms with E-state index in [1.807, 2.05) is 0 Å². The maximum Gasteiger partial charge on any atom is 0.0412 e. The molecule has 0 unspecified atom stereocenters. The first kappa shape index (κ1) is 14.9. The van der Waals surface area contributed by atoms with Crippen molar-refractivity contribution in [3.05, 3.63) is 28.2 Å². The Hall–Kier alpha value is -0.540. The highest BCUT2D eigenvalue weighted by Gasteiger charge is 2.25. The zero-order valence-corrected chi connectivity index (χ0v) is 13.7. The molecule has 1 aliphatic carbocycles. The molecule has 19 heavy (non-hydrogen) atoms. The highest BCUT2D eigenvalue weighted by Crippen LogP contribution is 2.33. The number of nitrogens with zero attached hydrogens (tertiary/aromatic N) is 1. The molecule has 0 aromatic heterocycles. The van der Waals surface area contributed by atoms with Crippen molar-refractivity contribution in [3.8, 4) is 0 Å². The lowest BCUT2D eigenvalue weighted by atomic mass is 10.1. The second-order valence-electron chi connectivity index (χ2n) is 5.44. The van der Waals surface area contributed by atoms with Crippen molar-refractivity contribution in [2.75, 3.05) is 24.5 Å². The second-order valence-corrected chi connectivity index (χ2v) is 6.36. The monoisotopic (exact) mass is 324 g/mol. The van der Waals surface area contributed by atoms with Crippen LogP contribution in [0.4, 0.5) is 5.69 Å². The van der Waals surface area contributed by atoms with Gasteiger partial charge in [-0.05, 0) is 55.5 Å². The normalized spacial score (nSPS) is 14.7. The fraction of sp³-hybridized carbons (Fsp3) is 0.625. The smallest absolute Gasteiger partial charge is 0.0412 e. The molecule has 1 saturated carbocycles. The molecule has 0 saturated heterocycles. The summed E-state index contributed by atoms with van der Waals surface area (Å²) in [5, 5.41) is 3.45. The molecule has 0 heterocycles. The fourth-order valence-electron chi connectivity index (χ4n) is 2.46. The van der Waals surface area contributed by atoms with Gasteiger partial charge in [-0.15, -0.1) is 0 Å². The summed E-state index contributed by atoms with van der Waals surface area (Å²) in [7, 11) is 0. The Kier molecular flexibility index (Phi) is 5.71. The van der Waals surface area contributed by atoms with Gasteiger partial charge in [0.25, 0.3) is 0 Å². The summed E-state index contributed by atoms with van der Waals surface area (Å²) in [5.74, 6) is 0.933. The fourth-order valence-corrected chi connectivity index (χ4v) is 2.86. The van der Waals surface area contributed by atoms with Gasteiger partial charge in [0.1, 0.15) is 0 Å². The van der Waals surface area contributed by atoms with Crippen LogP contribution in [0.15, 0.2) is 22.7 Å². The van der Waals surface area contributed by atoms with Crippen LogP contribution in [0.25, 0.3) is 0 Å². The number of hydrogen-bond donors (Lipinski definition) is 1. The first-order valence-electron chi connectivity index (χ1n) is 7.48. The van der Waals surface area contributed by atoms with Crippen LogP contribution in [0.3, 0.4) is 0 Å². The summed E-state index contributed by atoms with van der Waals surface area (Å²) in [4.78, 5) is 2.58. The summed E-state index contributed by atoms with van der Waals surface area (Å²) in [6.07, 6.45) is 4.04. The molecule has 3 heteroatoms. The lowest BCUT2D eigenvalue weighted by Gasteiger charge is -2.27. The number of rotatable bonds is 8. The molecular formula is C16H25BrN2. The average molecular weight is 325 g/mol. The minimum Gasteiger partial charge on any atom is -0.371 e. The minimum absolute atomic E-state index is 0.933. The van der Waals surface area contributed by atoms with Crippen molar-refractivity contribution in [3.63, 3.8) is 0 Å². The molecule has 2 rings (SSSR count). The zero-order chi connectivity index (χ0) is 13.7. The largest absolute Gasteiger partial charge is 0.371 e. The Labute approximate surface area is 125 Å². The molecule has 1 aliphatic rings. The van der Waals surface area contributed by atoms with Gasteiger partial charge in [0.05, 0.1) is 0 Å². The third-order valence-electron chi connectivity index (χ3n) is 3.62. The molecule has 0 bridgehead atoms. The van der Waals surface area contributed by atoms with Gasteiger partial charge in [0, 0.05) is 29.8 Å². The van der Waals surface area contributed by atoms with Gasteiger partial charge in [0.2, 0.25) is 0 Å². The van der Waals surface area contributed by atoms with E-state index in [2.05, 4.69) is 58.2 Å². The van der Waals surface area contributed by atoms with Gasteiger partial charge in [0.15, 0.2) is 0 Å². The molecule has 0 aliphatic heterocycles. The van der Waals surface area contributed by atoms with E-state index < -0.39 is 0 Å². The molecule has 1 aromatic rings. The van der Waals surface area contributed by atoms with Crippen molar-refractivity contribution in [1.82, 2.24) is 5.32 Å². The number of nitrogens with one attached hydrogen (secondary N) is 1. The molecule has 0 amide bonds. The topological polar surface area (TPSA) is 15.3 Å². The number of anilines is 1. The first-order chi connectivity index (χ1) is 9.24. The van der Waals surface area contributed by atoms with E-state index in [-0.39, 0.29) is 0 Å². The van der Waals surface area contributed by atoms with E-state index in [1.165, 1.54) is 41.5 Å². The van der Waals surface area contributed by atoms with Crippen molar-refractivity contribution in [2.24, 2.45) is 5.92 Å². The third kappa shape index (κ3) is 4.50. The van der Waals surface area contributed by atoms with Crippen LogP contribution >= 0.6 is 15.9 Å². The van der Waals surface area contributed by atoms with Gasteiger partial charge in [-0.25, -0.2) is 0 Å². The maximum atomic E-state index is 3.59. The maximum absolute atomic E-state index is 3.59. The molecule has 1 fully saturated rings. The van der Waals surface area contributed by atoms with Crippen LogP contribution in [0.2, 0.25) is 0 Å². The zero-order valence-electron chi connectivity index (χ0n) is 12.1. The second kappa shape index (κ2) is 7.30. The van der Waals surface area contributed by atoms with Gasteiger partial charge in [-0.1, -0.05) is 29.8 Å². The SMILES string of the molecule is CCCN(CC1CC1)c1ccc(Br)cc1CNCC. The molecule has 0 spiro atoms. The summed E-state index contributed by atoms with van der Waals surface area (Å²) in [5.41, 5.74) is 2.82. The molecule has 106 valence electrons. The summed E-state index contributed by atoms with van der Waals surface area (Å²) in [6.45, 7) is 8.79. The highest BCUT2D eigenvalue weighted by atomic mass is 79.9. The number of halogens is 1. The van der Waals surface area contributed by atoms with Crippen LogP contribution < -0.4 is 10.2 Å². The van der Waals surface area contributed by atoms with E-state index in [4.69, 9.17) is 0 Å². The van der Waals surface area contributed by atoms with Gasteiger partial charge in [-0.2, -0.15) is 0 Å². The highest BCUT2D eigenvalue weighted by molar-refractivity contribution is 9.10. The Morgan fingerprint density at radius 3 is 2.74 bits per heavy atom. The van der Waals surface area contributed by atoms with Crippen LogP contribution in [-0.2, 0) is 6.54 Å². The predicted octanol–water partition coefficient (Wildman–Crippen LogP) is 4.19. The summed E-state index contributed by atoms with van der Waals surface area (Å²) in [6, 6.07) is 6.70. The molecule has 1 N–H and O–H groups in total. The van der Waals surface area contributed by atoms with Crippen LogP contribution in [0, 0.1) is 5.92 Å². The van der Waals surface area contributed by atoms with E-state index >= 15 is 0 Å². The Morgan fingerprint density at radius 1 is 1.32 bits per heavy atom. The van der Waals surface area contributed by atoms with Crippen molar-refractivity contribution < 1.29 is 0 Å². The molecule has 2 nitrogen and oxygen atoms in total. The van der Waals surface area contributed by atoms with Crippen LogP contribution in [-0.4, -0.2) is 19.6 Å². The summed E-state index contributed by atoms with van der Waals surface area (Å²) >= 11 is 3.59. The average Bonchev–Trinajstić information content (AvgIpc) is 3.20. The van der Waals surface area contributed by atoms with Crippen molar-refractivity contribution in [1.29, 1.82) is 0 Å². The minimum atomic E-state index is 0.933. The van der Waals surface area contributed by atoms with E-state index in [0.717, 1.165) is 25.6 Å². The Balaban J connectivity index is 2.17. The molecule has 0 radical (unpaired) electrons.